The molecule has 2 heterocycles. The molecule has 1 unspecified atom stereocenters. The second kappa shape index (κ2) is 9.93. The lowest BCUT2D eigenvalue weighted by Gasteiger charge is -2.22. The lowest BCUT2D eigenvalue weighted by atomic mass is 10.1. The Morgan fingerprint density at radius 3 is 2.96 bits per heavy atom. The zero-order chi connectivity index (χ0) is 15.4. The lowest BCUT2D eigenvalue weighted by Crippen LogP contribution is -2.39. The Labute approximate surface area is 158 Å². The number of anilines is 1. The summed E-state index contributed by atoms with van der Waals surface area (Å²) in [5.74, 6) is 3.07. The molecule has 1 aliphatic heterocycles. The Hall–Kier alpha value is -1.21. The number of carbonyl (C=O) groups excluding carboxylic acids is 1. The van der Waals surface area contributed by atoms with Crippen molar-refractivity contribution in [1.82, 2.24) is 14.9 Å². The average molecular weight is 389 g/mol. The van der Waals surface area contributed by atoms with E-state index in [4.69, 9.17) is 0 Å². The zero-order valence-corrected chi connectivity index (χ0v) is 15.8. The monoisotopic (exact) mass is 388 g/mol. The highest BCUT2D eigenvalue weighted by Crippen LogP contribution is 2.21. The molecule has 0 aliphatic carbocycles. The van der Waals surface area contributed by atoms with E-state index in [2.05, 4.69) is 15.6 Å². The van der Waals surface area contributed by atoms with Crippen LogP contribution in [-0.4, -0.2) is 39.6 Å². The van der Waals surface area contributed by atoms with Gasteiger partial charge in [0, 0.05) is 61.2 Å². The van der Waals surface area contributed by atoms with Gasteiger partial charge in [0.15, 0.2) is 0 Å². The van der Waals surface area contributed by atoms with Gasteiger partial charge in [-0.2, -0.15) is 11.8 Å². The normalized spacial score (nSPS) is 16.6. The third-order valence-electron chi connectivity index (χ3n) is 3.66. The summed E-state index contributed by atoms with van der Waals surface area (Å²) in [6, 6.07) is 8.08. The molecule has 1 saturated heterocycles. The predicted octanol–water partition coefficient (Wildman–Crippen LogP) is 2.96. The summed E-state index contributed by atoms with van der Waals surface area (Å²) in [4.78, 5) is 16.5. The minimum absolute atomic E-state index is 0. The SMILES string of the molecule is Cl.Cl.Cn1ccnc1-c1cccc(NC(=O)CC2CSCCN2)c1. The smallest absolute Gasteiger partial charge is 0.225 e. The van der Waals surface area contributed by atoms with Gasteiger partial charge in [-0.3, -0.25) is 4.79 Å². The van der Waals surface area contributed by atoms with Gasteiger partial charge in [-0.05, 0) is 12.1 Å². The highest BCUT2D eigenvalue weighted by molar-refractivity contribution is 7.99. The number of aromatic nitrogens is 2. The van der Waals surface area contributed by atoms with Crippen molar-refractivity contribution in [2.24, 2.45) is 7.05 Å². The van der Waals surface area contributed by atoms with Crippen molar-refractivity contribution in [2.45, 2.75) is 12.5 Å². The number of thioether (sulfide) groups is 1. The summed E-state index contributed by atoms with van der Waals surface area (Å²) in [7, 11) is 1.96. The number of nitrogens with one attached hydrogen (secondary N) is 2. The van der Waals surface area contributed by atoms with Crippen molar-refractivity contribution in [3.05, 3.63) is 36.7 Å². The Kier molecular flexibility index (Phi) is 8.62. The molecule has 3 rings (SSSR count). The number of rotatable bonds is 4. The molecule has 2 N–H and O–H groups in total. The molecule has 2 aromatic rings. The number of benzene rings is 1. The van der Waals surface area contributed by atoms with Gasteiger partial charge in [-0.25, -0.2) is 4.98 Å². The van der Waals surface area contributed by atoms with Gasteiger partial charge in [0.05, 0.1) is 0 Å². The van der Waals surface area contributed by atoms with Crippen LogP contribution in [0.5, 0.6) is 0 Å². The zero-order valence-electron chi connectivity index (χ0n) is 13.4. The Morgan fingerprint density at radius 1 is 1.46 bits per heavy atom. The van der Waals surface area contributed by atoms with Gasteiger partial charge in [-0.15, -0.1) is 24.8 Å². The summed E-state index contributed by atoms with van der Waals surface area (Å²) in [6.45, 7) is 0.983. The van der Waals surface area contributed by atoms with Crippen molar-refractivity contribution < 1.29 is 4.79 Å². The number of aryl methyl sites for hydroxylation is 1. The molecular formula is C16H22Cl2N4OS. The summed E-state index contributed by atoms with van der Waals surface area (Å²) in [5.41, 5.74) is 1.81. The number of halogens is 2. The first-order valence-electron chi connectivity index (χ1n) is 7.41. The van der Waals surface area contributed by atoms with Gasteiger partial charge in [-0.1, -0.05) is 12.1 Å². The van der Waals surface area contributed by atoms with Crippen LogP contribution in [0.4, 0.5) is 5.69 Å². The third kappa shape index (κ3) is 5.41. The van der Waals surface area contributed by atoms with Gasteiger partial charge in [0.25, 0.3) is 0 Å². The van der Waals surface area contributed by atoms with Crippen molar-refractivity contribution >= 4 is 48.2 Å². The molecule has 0 saturated carbocycles. The summed E-state index contributed by atoms with van der Waals surface area (Å²) >= 11 is 1.90. The van der Waals surface area contributed by atoms with E-state index in [1.54, 1.807) is 6.20 Å². The predicted molar refractivity (Wildman–Crippen MR) is 106 cm³/mol. The Bertz CT molecular complexity index is 659. The van der Waals surface area contributed by atoms with Crippen LogP contribution in [-0.2, 0) is 11.8 Å². The molecule has 1 aliphatic rings. The molecular weight excluding hydrogens is 367 g/mol. The topological polar surface area (TPSA) is 59.0 Å². The number of hydrogen-bond acceptors (Lipinski definition) is 4. The number of nitrogens with zero attached hydrogens (tertiary/aromatic N) is 2. The van der Waals surface area contributed by atoms with E-state index >= 15 is 0 Å². The molecule has 24 heavy (non-hydrogen) atoms. The number of imidazole rings is 1. The van der Waals surface area contributed by atoms with Crippen molar-refractivity contribution in [2.75, 3.05) is 23.4 Å². The van der Waals surface area contributed by atoms with Crippen LogP contribution in [0, 0.1) is 0 Å². The minimum Gasteiger partial charge on any atom is -0.334 e. The van der Waals surface area contributed by atoms with E-state index in [1.807, 2.05) is 53.8 Å². The highest BCUT2D eigenvalue weighted by atomic mass is 35.5. The Balaban J connectivity index is 0.00000144. The van der Waals surface area contributed by atoms with E-state index in [9.17, 15) is 4.79 Å². The maximum atomic E-state index is 12.2. The Morgan fingerprint density at radius 2 is 2.29 bits per heavy atom. The molecule has 0 spiro atoms. The number of amides is 1. The quantitative estimate of drug-likeness (QED) is 0.844. The summed E-state index contributed by atoms with van der Waals surface area (Å²) in [5, 5.41) is 6.37. The first kappa shape index (κ1) is 20.8. The van der Waals surface area contributed by atoms with Gasteiger partial charge < -0.3 is 15.2 Å². The fourth-order valence-electron chi connectivity index (χ4n) is 2.57. The van der Waals surface area contributed by atoms with E-state index in [0.29, 0.717) is 6.42 Å². The molecule has 5 nitrogen and oxygen atoms in total. The molecule has 0 bridgehead atoms. The van der Waals surface area contributed by atoms with E-state index in [-0.39, 0.29) is 36.8 Å². The van der Waals surface area contributed by atoms with E-state index in [0.717, 1.165) is 35.1 Å². The van der Waals surface area contributed by atoms with Crippen LogP contribution >= 0.6 is 36.6 Å². The van der Waals surface area contributed by atoms with Crippen LogP contribution in [0.2, 0.25) is 0 Å². The van der Waals surface area contributed by atoms with Gasteiger partial charge in [0.1, 0.15) is 5.82 Å². The molecule has 1 amide bonds. The first-order chi connectivity index (χ1) is 10.7. The van der Waals surface area contributed by atoms with Crippen LogP contribution in [0.15, 0.2) is 36.7 Å². The summed E-state index contributed by atoms with van der Waals surface area (Å²) < 4.78 is 1.96. The van der Waals surface area contributed by atoms with Crippen molar-refractivity contribution in [3.8, 4) is 11.4 Å². The maximum absolute atomic E-state index is 12.2. The second-order valence-electron chi connectivity index (χ2n) is 5.42. The van der Waals surface area contributed by atoms with Gasteiger partial charge >= 0.3 is 0 Å². The van der Waals surface area contributed by atoms with Crippen LogP contribution in [0.1, 0.15) is 6.42 Å². The average Bonchev–Trinajstić information content (AvgIpc) is 2.94. The van der Waals surface area contributed by atoms with E-state index < -0.39 is 0 Å². The standard InChI is InChI=1S/C16H20N4OS.2ClH/c1-20-7-5-18-16(20)12-3-2-4-13(9-12)19-15(21)10-14-11-22-8-6-17-14;;/h2-5,7,9,14,17H,6,8,10-11H2,1H3,(H,19,21);2*1H. The second-order valence-corrected chi connectivity index (χ2v) is 6.57. The third-order valence-corrected chi connectivity index (χ3v) is 4.79. The lowest BCUT2D eigenvalue weighted by molar-refractivity contribution is -0.116. The molecule has 132 valence electrons. The fourth-order valence-corrected chi connectivity index (χ4v) is 3.52. The van der Waals surface area contributed by atoms with Crippen molar-refractivity contribution in [1.29, 1.82) is 0 Å². The largest absolute Gasteiger partial charge is 0.334 e. The van der Waals surface area contributed by atoms with Crippen LogP contribution in [0.25, 0.3) is 11.4 Å². The molecule has 0 radical (unpaired) electrons. The molecule has 1 fully saturated rings. The minimum atomic E-state index is 0. The maximum Gasteiger partial charge on any atom is 0.225 e. The summed E-state index contributed by atoms with van der Waals surface area (Å²) in [6.07, 6.45) is 4.19. The van der Waals surface area contributed by atoms with E-state index in [1.165, 1.54) is 0 Å². The van der Waals surface area contributed by atoms with Crippen molar-refractivity contribution in [3.63, 3.8) is 0 Å². The first-order valence-corrected chi connectivity index (χ1v) is 8.56. The van der Waals surface area contributed by atoms with Crippen LogP contribution in [0.3, 0.4) is 0 Å². The van der Waals surface area contributed by atoms with Gasteiger partial charge in [0.2, 0.25) is 5.91 Å². The molecule has 1 atom stereocenters. The molecule has 1 aromatic heterocycles. The fraction of sp³-hybridized carbons (Fsp3) is 0.375. The highest BCUT2D eigenvalue weighted by Gasteiger charge is 2.16. The molecule has 8 heteroatoms. The molecule has 1 aromatic carbocycles. The van der Waals surface area contributed by atoms with Crippen LogP contribution < -0.4 is 10.6 Å². The number of hydrogen-bond donors (Lipinski definition) is 2. The number of carbonyl (C=O) groups is 1.